The van der Waals surface area contributed by atoms with Crippen LogP contribution in [-0.4, -0.2) is 33.8 Å². The molecule has 0 aliphatic heterocycles. The zero-order valence-corrected chi connectivity index (χ0v) is 14.0. The molecule has 0 bridgehead atoms. The van der Waals surface area contributed by atoms with Gasteiger partial charge < -0.3 is 10.4 Å². The fourth-order valence-electron chi connectivity index (χ4n) is 2.29. The van der Waals surface area contributed by atoms with Gasteiger partial charge in [-0.2, -0.15) is 0 Å². The number of thioether (sulfide) groups is 1. The van der Waals surface area contributed by atoms with Crippen molar-refractivity contribution in [2.45, 2.75) is 11.0 Å². The molecular formula is C18H17N3O2S. The lowest BCUT2D eigenvalue weighted by Crippen LogP contribution is -2.29. The molecule has 2 N–H and O–H groups in total. The number of para-hydroxylation sites is 2. The van der Waals surface area contributed by atoms with Crippen molar-refractivity contribution >= 4 is 28.7 Å². The molecule has 5 nitrogen and oxygen atoms in total. The Morgan fingerprint density at radius 3 is 2.58 bits per heavy atom. The lowest BCUT2D eigenvalue weighted by Gasteiger charge is -2.12. The van der Waals surface area contributed by atoms with Crippen LogP contribution in [-0.2, 0) is 0 Å². The number of aromatic nitrogens is 2. The molecule has 6 heteroatoms. The van der Waals surface area contributed by atoms with E-state index in [-0.39, 0.29) is 18.1 Å². The Bertz CT molecular complexity index is 852. The van der Waals surface area contributed by atoms with Crippen molar-refractivity contribution in [2.75, 3.05) is 12.8 Å². The SMILES string of the molecule is CSc1ccc(C(O)CNC(=O)c2cnc3ccccc3n2)cc1. The number of fused-ring (bicyclic) bond motifs is 1. The number of hydrogen-bond acceptors (Lipinski definition) is 5. The van der Waals surface area contributed by atoms with E-state index in [2.05, 4.69) is 15.3 Å². The molecule has 0 fully saturated rings. The summed E-state index contributed by atoms with van der Waals surface area (Å²) in [5.41, 5.74) is 2.40. The topological polar surface area (TPSA) is 75.1 Å². The van der Waals surface area contributed by atoms with Crippen molar-refractivity contribution in [1.29, 1.82) is 0 Å². The standard InChI is InChI=1S/C18H17N3O2S/c1-24-13-8-6-12(7-9-13)17(22)11-20-18(23)16-10-19-14-4-2-3-5-15(14)21-16/h2-10,17,22H,11H2,1H3,(H,20,23). The van der Waals surface area contributed by atoms with Gasteiger partial charge in [0.25, 0.3) is 5.91 Å². The molecule has 1 heterocycles. The van der Waals surface area contributed by atoms with Gasteiger partial charge in [0.2, 0.25) is 0 Å². The van der Waals surface area contributed by atoms with E-state index in [9.17, 15) is 9.90 Å². The van der Waals surface area contributed by atoms with Gasteiger partial charge in [-0.15, -0.1) is 11.8 Å². The molecule has 1 unspecified atom stereocenters. The summed E-state index contributed by atoms with van der Waals surface area (Å²) in [5, 5.41) is 12.9. The number of benzene rings is 2. The zero-order chi connectivity index (χ0) is 16.9. The molecule has 1 amide bonds. The maximum atomic E-state index is 12.2. The van der Waals surface area contributed by atoms with Crippen molar-refractivity contribution in [1.82, 2.24) is 15.3 Å². The van der Waals surface area contributed by atoms with Crippen molar-refractivity contribution < 1.29 is 9.90 Å². The average Bonchev–Trinajstić information content (AvgIpc) is 2.65. The van der Waals surface area contributed by atoms with Crippen LogP contribution >= 0.6 is 11.8 Å². The van der Waals surface area contributed by atoms with Crippen LogP contribution in [0.3, 0.4) is 0 Å². The smallest absolute Gasteiger partial charge is 0.271 e. The van der Waals surface area contributed by atoms with Gasteiger partial charge in [0.1, 0.15) is 5.69 Å². The number of rotatable bonds is 5. The second-order valence-electron chi connectivity index (χ2n) is 5.24. The maximum absolute atomic E-state index is 12.2. The Morgan fingerprint density at radius 1 is 1.17 bits per heavy atom. The third-order valence-corrected chi connectivity index (χ3v) is 4.38. The summed E-state index contributed by atoms with van der Waals surface area (Å²) in [7, 11) is 0. The molecule has 0 aliphatic rings. The molecule has 24 heavy (non-hydrogen) atoms. The van der Waals surface area contributed by atoms with E-state index >= 15 is 0 Å². The van der Waals surface area contributed by atoms with Gasteiger partial charge in [-0.1, -0.05) is 24.3 Å². The Kier molecular flexibility index (Phi) is 5.08. The highest BCUT2D eigenvalue weighted by Crippen LogP contribution is 2.18. The molecule has 0 saturated carbocycles. The van der Waals surface area contributed by atoms with E-state index in [1.165, 1.54) is 6.20 Å². The molecule has 122 valence electrons. The fraction of sp³-hybridized carbons (Fsp3) is 0.167. The van der Waals surface area contributed by atoms with Crippen molar-refractivity contribution in [3.05, 3.63) is 66.0 Å². The van der Waals surface area contributed by atoms with Crippen LogP contribution < -0.4 is 5.32 Å². The lowest BCUT2D eigenvalue weighted by molar-refractivity contribution is 0.0911. The molecular weight excluding hydrogens is 322 g/mol. The second kappa shape index (κ2) is 7.42. The van der Waals surface area contributed by atoms with Crippen molar-refractivity contribution in [3.8, 4) is 0 Å². The van der Waals surface area contributed by atoms with Crippen LogP contribution in [0.1, 0.15) is 22.2 Å². The quantitative estimate of drug-likeness (QED) is 0.699. The van der Waals surface area contributed by atoms with E-state index in [1.807, 2.05) is 48.7 Å². The lowest BCUT2D eigenvalue weighted by atomic mass is 10.1. The average molecular weight is 339 g/mol. The summed E-state index contributed by atoms with van der Waals surface area (Å²) >= 11 is 1.64. The van der Waals surface area contributed by atoms with E-state index < -0.39 is 6.10 Å². The molecule has 3 aromatic rings. The second-order valence-corrected chi connectivity index (χ2v) is 6.12. The molecule has 3 rings (SSSR count). The molecule has 1 atom stereocenters. The Morgan fingerprint density at radius 2 is 1.88 bits per heavy atom. The minimum Gasteiger partial charge on any atom is -0.387 e. The first kappa shape index (κ1) is 16.4. The van der Waals surface area contributed by atoms with Gasteiger partial charge in [-0.25, -0.2) is 4.98 Å². The predicted octanol–water partition coefficient (Wildman–Crippen LogP) is 2.82. The summed E-state index contributed by atoms with van der Waals surface area (Å²) < 4.78 is 0. The van der Waals surface area contributed by atoms with Gasteiger partial charge in [-0.05, 0) is 36.1 Å². The summed E-state index contributed by atoms with van der Waals surface area (Å²) in [6, 6.07) is 15.0. The van der Waals surface area contributed by atoms with Gasteiger partial charge in [0.15, 0.2) is 0 Å². The van der Waals surface area contributed by atoms with Gasteiger partial charge in [-0.3, -0.25) is 9.78 Å². The Hall–Kier alpha value is -2.44. The first-order valence-electron chi connectivity index (χ1n) is 7.49. The Labute approximate surface area is 144 Å². The summed E-state index contributed by atoms with van der Waals surface area (Å²) in [6.45, 7) is 0.117. The van der Waals surface area contributed by atoms with Crippen LogP contribution in [0.25, 0.3) is 11.0 Å². The Balaban J connectivity index is 1.65. The number of aliphatic hydroxyl groups is 1. The fourth-order valence-corrected chi connectivity index (χ4v) is 2.70. The summed E-state index contributed by atoms with van der Waals surface area (Å²) in [6.07, 6.45) is 2.67. The minimum absolute atomic E-state index is 0.117. The van der Waals surface area contributed by atoms with E-state index in [4.69, 9.17) is 0 Å². The predicted molar refractivity (Wildman–Crippen MR) is 95.1 cm³/mol. The molecule has 1 aromatic heterocycles. The maximum Gasteiger partial charge on any atom is 0.271 e. The van der Waals surface area contributed by atoms with Crippen LogP contribution in [0.4, 0.5) is 0 Å². The first-order valence-corrected chi connectivity index (χ1v) is 8.72. The molecule has 0 radical (unpaired) electrons. The van der Waals surface area contributed by atoms with E-state index in [0.29, 0.717) is 5.52 Å². The molecule has 0 aliphatic carbocycles. The van der Waals surface area contributed by atoms with Gasteiger partial charge >= 0.3 is 0 Å². The largest absolute Gasteiger partial charge is 0.387 e. The number of carbonyl (C=O) groups is 1. The third-order valence-electron chi connectivity index (χ3n) is 3.64. The zero-order valence-electron chi connectivity index (χ0n) is 13.1. The summed E-state index contributed by atoms with van der Waals surface area (Å²) in [4.78, 5) is 21.8. The normalized spacial score (nSPS) is 12.1. The van der Waals surface area contributed by atoms with Crippen LogP contribution in [0.2, 0.25) is 0 Å². The van der Waals surface area contributed by atoms with Crippen LogP contribution in [0.15, 0.2) is 59.6 Å². The number of hydrogen-bond donors (Lipinski definition) is 2. The monoisotopic (exact) mass is 339 g/mol. The van der Waals surface area contributed by atoms with Crippen molar-refractivity contribution in [2.24, 2.45) is 0 Å². The van der Waals surface area contributed by atoms with Gasteiger partial charge in [0, 0.05) is 11.4 Å². The summed E-state index contributed by atoms with van der Waals surface area (Å²) in [5.74, 6) is -0.354. The van der Waals surface area contributed by atoms with Crippen molar-refractivity contribution in [3.63, 3.8) is 0 Å². The number of amides is 1. The number of carbonyl (C=O) groups excluding carboxylic acids is 1. The minimum atomic E-state index is -0.765. The molecule has 2 aromatic carbocycles. The first-order chi connectivity index (χ1) is 11.7. The molecule has 0 spiro atoms. The van der Waals surface area contributed by atoms with Crippen LogP contribution in [0, 0.1) is 0 Å². The highest BCUT2D eigenvalue weighted by Gasteiger charge is 2.12. The van der Waals surface area contributed by atoms with E-state index in [1.54, 1.807) is 17.8 Å². The number of aliphatic hydroxyl groups excluding tert-OH is 1. The highest BCUT2D eigenvalue weighted by atomic mass is 32.2. The van der Waals surface area contributed by atoms with Gasteiger partial charge in [0.05, 0.1) is 23.3 Å². The highest BCUT2D eigenvalue weighted by molar-refractivity contribution is 7.98. The molecule has 0 saturated heterocycles. The number of nitrogens with one attached hydrogen (secondary N) is 1. The number of nitrogens with zero attached hydrogens (tertiary/aromatic N) is 2. The van der Waals surface area contributed by atoms with Crippen LogP contribution in [0.5, 0.6) is 0 Å². The van der Waals surface area contributed by atoms with E-state index in [0.717, 1.165) is 16.0 Å². The third kappa shape index (κ3) is 3.72.